The van der Waals surface area contributed by atoms with Crippen molar-refractivity contribution in [2.45, 2.75) is 25.4 Å². The van der Waals surface area contributed by atoms with Gasteiger partial charge in [-0.15, -0.1) is 0 Å². The quantitative estimate of drug-likeness (QED) is 0.431. The number of hydrogen-bond donors (Lipinski definition) is 1. The van der Waals surface area contributed by atoms with E-state index in [-0.39, 0.29) is 18.4 Å². The number of aryl methyl sites for hydroxylation is 2. The van der Waals surface area contributed by atoms with Crippen LogP contribution >= 0.6 is 0 Å². The summed E-state index contributed by atoms with van der Waals surface area (Å²) < 4.78 is 7.03. The van der Waals surface area contributed by atoms with Crippen LogP contribution in [0.4, 0.5) is 10.5 Å². The Labute approximate surface area is 219 Å². The Balaban J connectivity index is 1.22. The first-order valence-electron chi connectivity index (χ1n) is 12.7. The van der Waals surface area contributed by atoms with Crippen LogP contribution in [-0.2, 0) is 17.6 Å². The van der Waals surface area contributed by atoms with Crippen molar-refractivity contribution in [3.05, 3.63) is 107 Å². The van der Waals surface area contributed by atoms with E-state index in [9.17, 15) is 14.4 Å². The Morgan fingerprint density at radius 1 is 0.921 bits per heavy atom. The Morgan fingerprint density at radius 3 is 2.39 bits per heavy atom. The summed E-state index contributed by atoms with van der Waals surface area (Å²) in [6, 6.07) is 23.9. The number of amides is 2. The number of cyclic esters (lactones) is 1. The first kappa shape index (κ1) is 23.7. The molecule has 0 bridgehead atoms. The molecule has 1 aliphatic heterocycles. The second kappa shape index (κ2) is 9.97. The summed E-state index contributed by atoms with van der Waals surface area (Å²) in [5.41, 5.74) is 5.71. The maximum Gasteiger partial charge on any atom is 0.414 e. The van der Waals surface area contributed by atoms with E-state index >= 15 is 0 Å². The number of nitrogens with one attached hydrogen (secondary N) is 1. The van der Waals surface area contributed by atoms with E-state index in [0.717, 1.165) is 47.3 Å². The van der Waals surface area contributed by atoms with Crippen LogP contribution in [0.25, 0.3) is 11.3 Å². The Bertz CT molecular complexity index is 1510. The van der Waals surface area contributed by atoms with E-state index in [0.29, 0.717) is 17.7 Å². The van der Waals surface area contributed by atoms with Gasteiger partial charge in [0, 0.05) is 22.4 Å². The molecule has 1 atom stereocenters. The van der Waals surface area contributed by atoms with E-state index < -0.39 is 12.2 Å². The van der Waals surface area contributed by atoms with Gasteiger partial charge in [0.2, 0.25) is 0 Å². The van der Waals surface area contributed by atoms with Gasteiger partial charge in [0.25, 0.3) is 11.8 Å². The van der Waals surface area contributed by atoms with Crippen molar-refractivity contribution in [1.82, 2.24) is 15.1 Å². The van der Waals surface area contributed by atoms with Crippen LogP contribution in [0.3, 0.4) is 0 Å². The first-order chi connectivity index (χ1) is 18.6. The van der Waals surface area contributed by atoms with Crippen molar-refractivity contribution in [1.29, 1.82) is 0 Å². The molecule has 0 radical (unpaired) electrons. The molecule has 8 heteroatoms. The molecule has 6 rings (SSSR count). The van der Waals surface area contributed by atoms with Gasteiger partial charge in [0.05, 0.1) is 25.0 Å². The molecule has 1 unspecified atom stereocenters. The highest BCUT2D eigenvalue weighted by Crippen LogP contribution is 2.36. The highest BCUT2D eigenvalue weighted by Gasteiger charge is 2.33. The number of aromatic nitrogens is 2. The van der Waals surface area contributed by atoms with Crippen LogP contribution in [0.1, 0.15) is 38.3 Å². The fourth-order valence-corrected chi connectivity index (χ4v) is 5.10. The topological polar surface area (TPSA) is 93.5 Å². The third-order valence-corrected chi connectivity index (χ3v) is 7.01. The Kier molecular flexibility index (Phi) is 6.21. The number of fused-ring (bicyclic) bond motifs is 3. The van der Waals surface area contributed by atoms with Gasteiger partial charge in [-0.2, -0.15) is 9.78 Å². The lowest BCUT2D eigenvalue weighted by molar-refractivity contribution is 0.0915. The number of nitrogens with zero attached hydrogens (tertiary/aromatic N) is 3. The highest BCUT2D eigenvalue weighted by molar-refractivity contribution is 5.98. The summed E-state index contributed by atoms with van der Waals surface area (Å²) in [5, 5.41) is 7.29. The molecule has 2 heterocycles. The molecule has 0 spiro atoms. The Morgan fingerprint density at radius 2 is 1.63 bits per heavy atom. The lowest BCUT2D eigenvalue weighted by Gasteiger charge is -2.17. The second-order valence-corrected chi connectivity index (χ2v) is 9.49. The van der Waals surface area contributed by atoms with E-state index in [2.05, 4.69) is 10.4 Å². The van der Waals surface area contributed by atoms with Crippen molar-refractivity contribution in [3.63, 3.8) is 0 Å². The second-order valence-electron chi connectivity index (χ2n) is 9.49. The monoisotopic (exact) mass is 506 g/mol. The summed E-state index contributed by atoms with van der Waals surface area (Å²) in [7, 11) is 0. The summed E-state index contributed by atoms with van der Waals surface area (Å²) >= 11 is 0. The first-order valence-corrected chi connectivity index (χ1v) is 12.7. The van der Waals surface area contributed by atoms with Gasteiger partial charge in [0.15, 0.2) is 0 Å². The van der Waals surface area contributed by atoms with Crippen molar-refractivity contribution in [3.8, 4) is 11.3 Å². The average Bonchev–Trinajstić information content (AvgIpc) is 3.50. The molecular weight excluding hydrogens is 480 g/mol. The van der Waals surface area contributed by atoms with Crippen molar-refractivity contribution in [2.24, 2.45) is 0 Å². The van der Waals surface area contributed by atoms with E-state index in [1.807, 2.05) is 42.5 Å². The zero-order valence-corrected chi connectivity index (χ0v) is 20.7. The predicted molar refractivity (Wildman–Crippen MR) is 142 cm³/mol. The maximum atomic E-state index is 13.3. The lowest BCUT2D eigenvalue weighted by atomic mass is 10.0. The summed E-state index contributed by atoms with van der Waals surface area (Å²) in [4.78, 5) is 40.0. The van der Waals surface area contributed by atoms with Crippen molar-refractivity contribution in [2.75, 3.05) is 18.0 Å². The molecule has 1 N–H and O–H groups in total. The van der Waals surface area contributed by atoms with E-state index in [1.54, 1.807) is 47.5 Å². The number of carbonyl (C=O) groups is 3. The molecule has 1 saturated heterocycles. The number of rotatable bonds is 5. The molecule has 0 saturated carbocycles. The van der Waals surface area contributed by atoms with Crippen LogP contribution in [0.15, 0.2) is 85.1 Å². The van der Waals surface area contributed by atoms with Crippen molar-refractivity contribution >= 4 is 23.6 Å². The maximum absolute atomic E-state index is 13.3. The van der Waals surface area contributed by atoms with Crippen LogP contribution in [0.2, 0.25) is 0 Å². The van der Waals surface area contributed by atoms with Gasteiger partial charge in [-0.1, -0.05) is 42.5 Å². The normalized spacial score (nSPS) is 16.3. The number of anilines is 1. The van der Waals surface area contributed by atoms with E-state index in [1.165, 1.54) is 4.68 Å². The molecule has 1 aliphatic carbocycles. The van der Waals surface area contributed by atoms with Gasteiger partial charge < -0.3 is 10.1 Å². The van der Waals surface area contributed by atoms with Crippen molar-refractivity contribution < 1.29 is 19.1 Å². The minimum atomic E-state index is -0.453. The summed E-state index contributed by atoms with van der Waals surface area (Å²) in [6.45, 7) is 0.563. The fraction of sp³-hybridized carbons (Fsp3) is 0.200. The predicted octanol–water partition coefficient (Wildman–Crippen LogP) is 4.48. The van der Waals surface area contributed by atoms with Gasteiger partial charge >= 0.3 is 6.09 Å². The zero-order chi connectivity index (χ0) is 26.1. The molecule has 1 fully saturated rings. The number of carbonyl (C=O) groups excluding carboxylic acids is 3. The van der Waals surface area contributed by atoms with Crippen LogP contribution < -0.4 is 10.2 Å². The van der Waals surface area contributed by atoms with Gasteiger partial charge in [0.1, 0.15) is 6.10 Å². The SMILES string of the molecule is O=C(NCC1CN(c2ccc3c(c2)CCCc2cnn(C(=O)c4ccccc4)c2-3)C(=O)O1)c1ccccc1. The van der Waals surface area contributed by atoms with Gasteiger partial charge in [-0.05, 0) is 66.8 Å². The molecule has 2 aliphatic rings. The summed E-state index contributed by atoms with van der Waals surface area (Å²) in [5.74, 6) is -0.380. The minimum Gasteiger partial charge on any atom is -0.442 e. The molecule has 3 aromatic carbocycles. The molecular formula is C30H26N4O4. The fourth-order valence-electron chi connectivity index (χ4n) is 5.10. The van der Waals surface area contributed by atoms with Crippen LogP contribution in [0, 0.1) is 0 Å². The molecule has 38 heavy (non-hydrogen) atoms. The minimum absolute atomic E-state index is 0.174. The average molecular weight is 507 g/mol. The number of hydrogen-bond acceptors (Lipinski definition) is 5. The standard InChI is InChI=1S/C30H26N4O4/c35-28(20-8-3-1-4-9-20)31-18-25-19-33(30(37)38-25)24-14-15-26-22(16-24)12-7-13-23-17-32-34(27(23)26)29(36)21-10-5-2-6-11-21/h1-6,8-11,14-17,25H,7,12-13,18-19H2,(H,31,35). The highest BCUT2D eigenvalue weighted by atomic mass is 16.6. The van der Waals surface area contributed by atoms with E-state index in [4.69, 9.17) is 4.74 Å². The molecule has 8 nitrogen and oxygen atoms in total. The molecule has 2 amide bonds. The number of benzene rings is 3. The smallest absolute Gasteiger partial charge is 0.414 e. The molecule has 1 aromatic heterocycles. The van der Waals surface area contributed by atoms with Gasteiger partial charge in [-0.25, -0.2) is 4.79 Å². The number of ether oxygens (including phenoxy) is 1. The zero-order valence-electron chi connectivity index (χ0n) is 20.7. The molecule has 190 valence electrons. The van der Waals surface area contributed by atoms with Crippen LogP contribution in [0.5, 0.6) is 0 Å². The largest absolute Gasteiger partial charge is 0.442 e. The van der Waals surface area contributed by atoms with Gasteiger partial charge in [-0.3, -0.25) is 14.5 Å². The Hall–Kier alpha value is -4.72. The third kappa shape index (κ3) is 4.45. The molecule has 4 aromatic rings. The lowest BCUT2D eigenvalue weighted by Crippen LogP contribution is -2.34. The summed E-state index contributed by atoms with van der Waals surface area (Å²) in [6.07, 6.45) is 3.43. The third-order valence-electron chi connectivity index (χ3n) is 7.01. The van der Waals surface area contributed by atoms with Crippen LogP contribution in [-0.4, -0.2) is 46.9 Å².